The molecule has 1 aliphatic heterocycles. The van der Waals surface area contributed by atoms with E-state index in [0.717, 1.165) is 69.1 Å². The fourth-order valence-electron chi connectivity index (χ4n) is 3.97. The van der Waals surface area contributed by atoms with Crippen LogP contribution in [0.2, 0.25) is 0 Å². The molecule has 1 aromatic heterocycles. The second kappa shape index (κ2) is 10.0. The number of halogens is 2. The lowest BCUT2D eigenvalue weighted by atomic mass is 9.97. The smallest absolute Gasteiger partial charge is 0.242 e. The van der Waals surface area contributed by atoms with Gasteiger partial charge < -0.3 is 10.6 Å². The molecule has 1 amide bonds. The number of aromatic nitrogens is 1. The number of amides is 1. The minimum atomic E-state index is -0.596. The standard InChI is InChI=1S/C20H26N4OS.2ClH/c21-20(8-4-5-9-20)19(25)24-12-10-23(11-13-24)14-17-15-26-18(22-17)16-6-2-1-3-7-16;;/h1-3,6-7,15H,4-5,8-14,21H2;2*1H. The van der Waals surface area contributed by atoms with Crippen LogP contribution in [0.1, 0.15) is 31.4 Å². The average molecular weight is 443 g/mol. The third-order valence-electron chi connectivity index (χ3n) is 5.54. The van der Waals surface area contributed by atoms with E-state index < -0.39 is 5.54 Å². The van der Waals surface area contributed by atoms with Crippen LogP contribution in [0.4, 0.5) is 0 Å². The zero-order chi connectivity index (χ0) is 18.0. The molecule has 2 fully saturated rings. The molecule has 0 atom stereocenters. The number of hydrogen-bond donors (Lipinski definition) is 1. The lowest BCUT2D eigenvalue weighted by Gasteiger charge is -2.38. The lowest BCUT2D eigenvalue weighted by molar-refractivity contribution is -0.138. The van der Waals surface area contributed by atoms with E-state index >= 15 is 0 Å². The number of carbonyl (C=O) groups is 1. The predicted molar refractivity (Wildman–Crippen MR) is 119 cm³/mol. The van der Waals surface area contributed by atoms with Gasteiger partial charge >= 0.3 is 0 Å². The molecule has 0 unspecified atom stereocenters. The third kappa shape index (κ3) is 5.05. The van der Waals surface area contributed by atoms with Crippen molar-refractivity contribution in [2.75, 3.05) is 26.2 Å². The molecule has 1 saturated heterocycles. The number of piperazine rings is 1. The summed E-state index contributed by atoms with van der Waals surface area (Å²) in [7, 11) is 0. The van der Waals surface area contributed by atoms with Gasteiger partial charge in [-0.25, -0.2) is 4.98 Å². The van der Waals surface area contributed by atoms with E-state index in [9.17, 15) is 4.79 Å². The van der Waals surface area contributed by atoms with Crippen LogP contribution in [0, 0.1) is 0 Å². The Morgan fingerprint density at radius 1 is 1.07 bits per heavy atom. The first kappa shape index (κ1) is 23.1. The quantitative estimate of drug-likeness (QED) is 0.785. The topological polar surface area (TPSA) is 62.5 Å². The molecule has 1 saturated carbocycles. The first-order valence-corrected chi connectivity index (χ1v) is 10.3. The van der Waals surface area contributed by atoms with Gasteiger partial charge in [-0.3, -0.25) is 9.69 Å². The van der Waals surface area contributed by atoms with Gasteiger partial charge in [0.15, 0.2) is 0 Å². The Kier molecular flexibility index (Phi) is 8.28. The molecule has 2 heterocycles. The van der Waals surface area contributed by atoms with Crippen molar-refractivity contribution in [2.24, 2.45) is 5.73 Å². The van der Waals surface area contributed by atoms with Gasteiger partial charge in [0, 0.05) is 43.7 Å². The summed E-state index contributed by atoms with van der Waals surface area (Å²) >= 11 is 1.69. The van der Waals surface area contributed by atoms with Gasteiger partial charge in [0.25, 0.3) is 0 Å². The first-order valence-electron chi connectivity index (χ1n) is 9.44. The molecule has 2 N–H and O–H groups in total. The number of nitrogens with two attached hydrogens (primary N) is 1. The van der Waals surface area contributed by atoms with Crippen LogP contribution in [0.25, 0.3) is 10.6 Å². The van der Waals surface area contributed by atoms with Crippen molar-refractivity contribution < 1.29 is 4.79 Å². The maximum absolute atomic E-state index is 12.7. The molecule has 28 heavy (non-hydrogen) atoms. The van der Waals surface area contributed by atoms with Crippen molar-refractivity contribution in [3.8, 4) is 10.6 Å². The SMILES string of the molecule is Cl.Cl.NC1(C(=O)N2CCN(Cc3csc(-c4ccccc4)n3)CC2)CCCC1. The van der Waals surface area contributed by atoms with Crippen molar-refractivity contribution in [1.29, 1.82) is 0 Å². The van der Waals surface area contributed by atoms with E-state index in [1.807, 2.05) is 23.1 Å². The van der Waals surface area contributed by atoms with Crippen LogP contribution in [-0.2, 0) is 11.3 Å². The molecule has 2 aliphatic rings. The van der Waals surface area contributed by atoms with Crippen LogP contribution in [0.15, 0.2) is 35.7 Å². The second-order valence-corrected chi connectivity index (χ2v) is 8.30. The molecule has 4 rings (SSSR count). The van der Waals surface area contributed by atoms with Crippen LogP contribution in [-0.4, -0.2) is 52.4 Å². The largest absolute Gasteiger partial charge is 0.339 e. The molecule has 5 nitrogen and oxygen atoms in total. The van der Waals surface area contributed by atoms with Crippen molar-refractivity contribution in [3.05, 3.63) is 41.4 Å². The Morgan fingerprint density at radius 3 is 2.36 bits per heavy atom. The summed E-state index contributed by atoms with van der Waals surface area (Å²) in [4.78, 5) is 21.8. The Hall–Kier alpha value is -1.18. The Balaban J connectivity index is 0.00000140. The average Bonchev–Trinajstić information content (AvgIpc) is 3.33. The molecule has 2 aromatic rings. The monoisotopic (exact) mass is 442 g/mol. The fourth-order valence-corrected chi connectivity index (χ4v) is 4.78. The predicted octanol–water partition coefficient (Wildman–Crippen LogP) is 3.57. The molecule has 8 heteroatoms. The van der Waals surface area contributed by atoms with Crippen LogP contribution in [0.5, 0.6) is 0 Å². The summed E-state index contributed by atoms with van der Waals surface area (Å²) < 4.78 is 0. The van der Waals surface area contributed by atoms with Gasteiger partial charge in [0.05, 0.1) is 11.2 Å². The lowest BCUT2D eigenvalue weighted by Crippen LogP contribution is -2.58. The molecule has 1 aromatic carbocycles. The Morgan fingerprint density at radius 2 is 1.71 bits per heavy atom. The van der Waals surface area contributed by atoms with Crippen molar-refractivity contribution in [3.63, 3.8) is 0 Å². The third-order valence-corrected chi connectivity index (χ3v) is 6.48. The molecular formula is C20H28Cl2N4OS. The molecule has 1 aliphatic carbocycles. The number of benzene rings is 1. The summed E-state index contributed by atoms with van der Waals surface area (Å²) in [6, 6.07) is 10.3. The zero-order valence-electron chi connectivity index (χ0n) is 15.9. The molecule has 154 valence electrons. The minimum Gasteiger partial charge on any atom is -0.339 e. The molecule has 0 spiro atoms. The van der Waals surface area contributed by atoms with Gasteiger partial charge in [-0.15, -0.1) is 36.2 Å². The van der Waals surface area contributed by atoms with Gasteiger partial charge in [-0.1, -0.05) is 43.2 Å². The number of nitrogens with zero attached hydrogens (tertiary/aromatic N) is 3. The van der Waals surface area contributed by atoms with E-state index in [-0.39, 0.29) is 30.7 Å². The van der Waals surface area contributed by atoms with Gasteiger partial charge in [0.2, 0.25) is 5.91 Å². The maximum atomic E-state index is 12.7. The molecular weight excluding hydrogens is 415 g/mol. The van der Waals surface area contributed by atoms with Crippen molar-refractivity contribution >= 4 is 42.1 Å². The van der Waals surface area contributed by atoms with Crippen LogP contribution >= 0.6 is 36.2 Å². The molecule has 0 radical (unpaired) electrons. The van der Waals surface area contributed by atoms with Crippen LogP contribution < -0.4 is 5.73 Å². The normalized spacial score (nSPS) is 19.0. The summed E-state index contributed by atoms with van der Waals surface area (Å²) in [5.74, 6) is 0.162. The van der Waals surface area contributed by atoms with Gasteiger partial charge in [0.1, 0.15) is 5.01 Å². The highest BCUT2D eigenvalue weighted by Crippen LogP contribution is 2.29. The van der Waals surface area contributed by atoms with Crippen molar-refractivity contribution in [1.82, 2.24) is 14.8 Å². The number of thiazole rings is 1. The Bertz CT molecular complexity index is 757. The van der Waals surface area contributed by atoms with E-state index in [0.29, 0.717) is 0 Å². The number of hydrogen-bond acceptors (Lipinski definition) is 5. The highest BCUT2D eigenvalue weighted by Gasteiger charge is 2.40. The van der Waals surface area contributed by atoms with E-state index in [2.05, 4.69) is 22.4 Å². The van der Waals surface area contributed by atoms with E-state index in [1.165, 1.54) is 5.56 Å². The van der Waals surface area contributed by atoms with Gasteiger partial charge in [-0.2, -0.15) is 0 Å². The number of carbonyl (C=O) groups excluding carboxylic acids is 1. The first-order chi connectivity index (χ1) is 12.6. The molecule has 0 bridgehead atoms. The van der Waals surface area contributed by atoms with Crippen LogP contribution in [0.3, 0.4) is 0 Å². The highest BCUT2D eigenvalue weighted by molar-refractivity contribution is 7.13. The maximum Gasteiger partial charge on any atom is 0.242 e. The fraction of sp³-hybridized carbons (Fsp3) is 0.500. The summed E-state index contributed by atoms with van der Waals surface area (Å²) in [6.45, 7) is 4.17. The van der Waals surface area contributed by atoms with E-state index in [4.69, 9.17) is 10.7 Å². The van der Waals surface area contributed by atoms with E-state index in [1.54, 1.807) is 11.3 Å². The highest BCUT2D eigenvalue weighted by atomic mass is 35.5. The summed E-state index contributed by atoms with van der Waals surface area (Å²) in [5.41, 5.74) is 8.02. The minimum absolute atomic E-state index is 0. The Labute approximate surface area is 183 Å². The summed E-state index contributed by atoms with van der Waals surface area (Å²) in [5, 5.41) is 3.22. The second-order valence-electron chi connectivity index (χ2n) is 7.44. The van der Waals surface area contributed by atoms with Crippen molar-refractivity contribution in [2.45, 2.75) is 37.8 Å². The zero-order valence-corrected chi connectivity index (χ0v) is 18.3. The van der Waals surface area contributed by atoms with Gasteiger partial charge in [-0.05, 0) is 12.8 Å². The summed E-state index contributed by atoms with van der Waals surface area (Å²) in [6.07, 6.45) is 3.84. The number of rotatable bonds is 4.